The predicted octanol–water partition coefficient (Wildman–Crippen LogP) is 1.55. The number of hydrogen-bond acceptors (Lipinski definition) is 3. The smallest absolute Gasteiger partial charge is 0.408 e. The van der Waals surface area contributed by atoms with Crippen LogP contribution in [0, 0.1) is 0 Å². The number of rotatable bonds is 3. The molecule has 0 atom stereocenters. The summed E-state index contributed by atoms with van der Waals surface area (Å²) in [6.07, 6.45) is 5.02. The molecule has 1 aromatic heterocycles. The summed E-state index contributed by atoms with van der Waals surface area (Å²) in [5.74, 6) is 0.603. The molecule has 4 heteroatoms. The van der Waals surface area contributed by atoms with E-state index in [9.17, 15) is 4.79 Å². The lowest BCUT2D eigenvalue weighted by Crippen LogP contribution is -1.94. The molecule has 0 radical (unpaired) electrons. The van der Waals surface area contributed by atoms with E-state index in [1.165, 1.54) is 6.08 Å². The van der Waals surface area contributed by atoms with E-state index in [0.29, 0.717) is 17.2 Å². The van der Waals surface area contributed by atoms with Crippen LogP contribution in [0.15, 0.2) is 21.9 Å². The van der Waals surface area contributed by atoms with Crippen LogP contribution in [0.1, 0.15) is 11.5 Å². The molecule has 0 spiro atoms. The molecule has 0 aromatic carbocycles. The highest BCUT2D eigenvalue weighted by Crippen LogP contribution is 2.06. The second kappa shape index (κ2) is 4.01. The fraction of sp³-hybridized carbons (Fsp3) is 0.125. The Hall–Kier alpha value is -1.16. The van der Waals surface area contributed by atoms with Crippen molar-refractivity contribution in [1.82, 2.24) is 4.98 Å². The first-order chi connectivity index (χ1) is 5.77. The van der Waals surface area contributed by atoms with Crippen LogP contribution in [-0.2, 0) is 0 Å². The molecule has 0 fully saturated rings. The van der Waals surface area contributed by atoms with Gasteiger partial charge in [0, 0.05) is 5.75 Å². The summed E-state index contributed by atoms with van der Waals surface area (Å²) in [4.78, 5) is 13.2. The molecular weight excluding hydrogens is 174 g/mol. The number of nitrogens with one attached hydrogen (secondary N) is 1. The molecular formula is C8H9NO2S. The van der Waals surface area contributed by atoms with Crippen molar-refractivity contribution in [3.05, 3.63) is 34.7 Å². The molecule has 0 bridgehead atoms. The summed E-state index contributed by atoms with van der Waals surface area (Å²) in [6, 6.07) is 0. The van der Waals surface area contributed by atoms with Crippen LogP contribution >= 0.6 is 12.6 Å². The Morgan fingerprint density at radius 3 is 3.00 bits per heavy atom. The van der Waals surface area contributed by atoms with Gasteiger partial charge in [0.25, 0.3) is 0 Å². The van der Waals surface area contributed by atoms with Crippen molar-refractivity contribution in [2.45, 2.75) is 0 Å². The molecule has 1 rings (SSSR count). The van der Waals surface area contributed by atoms with Crippen LogP contribution in [0.5, 0.6) is 0 Å². The average Bonchev–Trinajstić information content (AvgIpc) is 2.42. The Morgan fingerprint density at radius 1 is 1.67 bits per heavy atom. The minimum absolute atomic E-state index is 0.457. The van der Waals surface area contributed by atoms with E-state index in [2.05, 4.69) is 24.2 Å². The monoisotopic (exact) mass is 183 g/mol. The molecule has 0 saturated carbocycles. The minimum atomic E-state index is -0.469. The van der Waals surface area contributed by atoms with Crippen LogP contribution in [0.25, 0.3) is 12.2 Å². The van der Waals surface area contributed by atoms with E-state index < -0.39 is 5.76 Å². The van der Waals surface area contributed by atoms with Crippen LogP contribution in [0.2, 0.25) is 0 Å². The van der Waals surface area contributed by atoms with Gasteiger partial charge in [-0.3, -0.25) is 4.98 Å². The first kappa shape index (κ1) is 8.93. The molecule has 0 aliphatic rings. The first-order valence-electron chi connectivity index (χ1n) is 3.41. The van der Waals surface area contributed by atoms with Gasteiger partial charge < -0.3 is 4.42 Å². The third-order valence-corrected chi connectivity index (χ3v) is 1.49. The normalized spacial score (nSPS) is 10.8. The van der Waals surface area contributed by atoms with Crippen molar-refractivity contribution in [3.63, 3.8) is 0 Å². The lowest BCUT2D eigenvalue weighted by Gasteiger charge is -1.85. The first-order valence-corrected chi connectivity index (χ1v) is 4.04. The average molecular weight is 183 g/mol. The number of oxazole rings is 1. The standard InChI is InChI=1S/C8H9NO2S/c1-2-7-6(4-3-5-12)9-8(10)11-7/h2-4,12H,1,5H2,(H,9,10)/b4-3-. The van der Waals surface area contributed by atoms with E-state index in [4.69, 9.17) is 4.42 Å². The maximum Gasteiger partial charge on any atom is 0.417 e. The van der Waals surface area contributed by atoms with E-state index in [1.807, 2.05) is 0 Å². The zero-order valence-corrected chi connectivity index (χ0v) is 7.30. The summed E-state index contributed by atoms with van der Waals surface area (Å²) in [5, 5.41) is 0. The van der Waals surface area contributed by atoms with Crippen LogP contribution in [0.4, 0.5) is 0 Å². The number of H-pyrrole nitrogens is 1. The Bertz CT molecular complexity index is 348. The third-order valence-electron chi connectivity index (χ3n) is 1.28. The fourth-order valence-electron chi connectivity index (χ4n) is 0.798. The number of thiol groups is 1. The SMILES string of the molecule is C=Cc1oc(=O)[nH]c1/C=C\CS. The highest BCUT2D eigenvalue weighted by molar-refractivity contribution is 7.80. The zero-order chi connectivity index (χ0) is 8.97. The van der Waals surface area contributed by atoms with Gasteiger partial charge >= 0.3 is 5.76 Å². The summed E-state index contributed by atoms with van der Waals surface area (Å²) < 4.78 is 4.76. The van der Waals surface area contributed by atoms with E-state index >= 15 is 0 Å². The quantitative estimate of drug-likeness (QED) is 0.698. The minimum Gasteiger partial charge on any atom is -0.408 e. The lowest BCUT2D eigenvalue weighted by atomic mass is 10.3. The molecule has 1 aromatic rings. The maximum absolute atomic E-state index is 10.7. The fourth-order valence-corrected chi connectivity index (χ4v) is 0.903. The molecule has 0 amide bonds. The summed E-state index contributed by atoms with van der Waals surface area (Å²) >= 11 is 3.99. The zero-order valence-electron chi connectivity index (χ0n) is 6.41. The van der Waals surface area contributed by atoms with Gasteiger partial charge in [0.15, 0.2) is 5.76 Å². The summed E-state index contributed by atoms with van der Waals surface area (Å²) in [7, 11) is 0. The number of aromatic nitrogens is 1. The molecule has 64 valence electrons. The van der Waals surface area contributed by atoms with Crippen molar-refractivity contribution >= 4 is 24.8 Å². The Labute approximate surface area is 75.2 Å². The van der Waals surface area contributed by atoms with Crippen LogP contribution < -0.4 is 5.76 Å². The lowest BCUT2D eigenvalue weighted by molar-refractivity contribution is 0.507. The van der Waals surface area contributed by atoms with E-state index in [-0.39, 0.29) is 0 Å². The van der Waals surface area contributed by atoms with Gasteiger partial charge in [-0.15, -0.1) is 0 Å². The molecule has 12 heavy (non-hydrogen) atoms. The van der Waals surface area contributed by atoms with Crippen molar-refractivity contribution in [1.29, 1.82) is 0 Å². The molecule has 0 saturated heterocycles. The second-order valence-electron chi connectivity index (χ2n) is 2.08. The Balaban J connectivity index is 3.04. The molecule has 0 aliphatic heterocycles. The highest BCUT2D eigenvalue weighted by atomic mass is 32.1. The predicted molar refractivity (Wildman–Crippen MR) is 52.3 cm³/mol. The van der Waals surface area contributed by atoms with Gasteiger partial charge in [0.05, 0.1) is 5.69 Å². The topological polar surface area (TPSA) is 46.0 Å². The number of aromatic amines is 1. The molecule has 3 nitrogen and oxygen atoms in total. The van der Waals surface area contributed by atoms with Crippen molar-refractivity contribution in [2.24, 2.45) is 0 Å². The van der Waals surface area contributed by atoms with Gasteiger partial charge in [0.2, 0.25) is 0 Å². The molecule has 0 unspecified atom stereocenters. The summed E-state index contributed by atoms with van der Waals surface area (Å²) in [6.45, 7) is 3.51. The van der Waals surface area contributed by atoms with Crippen molar-refractivity contribution in [2.75, 3.05) is 5.75 Å². The highest BCUT2D eigenvalue weighted by Gasteiger charge is 2.01. The van der Waals surface area contributed by atoms with Gasteiger partial charge in [-0.2, -0.15) is 12.6 Å². The van der Waals surface area contributed by atoms with Crippen LogP contribution in [-0.4, -0.2) is 10.7 Å². The van der Waals surface area contributed by atoms with Gasteiger partial charge in [-0.25, -0.2) is 4.79 Å². The third kappa shape index (κ3) is 1.92. The Kier molecular flexibility index (Phi) is 2.99. The van der Waals surface area contributed by atoms with E-state index in [1.54, 1.807) is 12.2 Å². The molecule has 1 N–H and O–H groups in total. The maximum atomic E-state index is 10.7. The van der Waals surface area contributed by atoms with Crippen molar-refractivity contribution in [3.8, 4) is 0 Å². The van der Waals surface area contributed by atoms with Gasteiger partial charge in [0.1, 0.15) is 0 Å². The number of hydrogen-bond donors (Lipinski definition) is 2. The summed E-state index contributed by atoms with van der Waals surface area (Å²) in [5.41, 5.74) is 0.629. The van der Waals surface area contributed by atoms with Gasteiger partial charge in [-0.1, -0.05) is 12.7 Å². The van der Waals surface area contributed by atoms with E-state index in [0.717, 1.165) is 0 Å². The Morgan fingerprint density at radius 2 is 2.42 bits per heavy atom. The second-order valence-corrected chi connectivity index (χ2v) is 2.45. The van der Waals surface area contributed by atoms with Gasteiger partial charge in [-0.05, 0) is 12.2 Å². The van der Waals surface area contributed by atoms with Crippen molar-refractivity contribution < 1.29 is 4.42 Å². The largest absolute Gasteiger partial charge is 0.417 e. The molecule has 1 heterocycles. The van der Waals surface area contributed by atoms with Crippen LogP contribution in [0.3, 0.4) is 0 Å². The molecule has 0 aliphatic carbocycles.